The van der Waals surface area contributed by atoms with Crippen LogP contribution >= 0.6 is 0 Å². The van der Waals surface area contributed by atoms with Crippen LogP contribution in [0.25, 0.3) is 0 Å². The third kappa shape index (κ3) is 2.50. The fourth-order valence-electron chi connectivity index (χ4n) is 2.82. The molecule has 1 fully saturated rings. The fraction of sp³-hybridized carbons (Fsp3) is 0.533. The number of hydrogen-bond acceptors (Lipinski definition) is 2. The molecule has 3 heteroatoms. The van der Waals surface area contributed by atoms with Gasteiger partial charge in [0, 0.05) is 17.8 Å². The van der Waals surface area contributed by atoms with Gasteiger partial charge in [0.15, 0.2) is 0 Å². The lowest BCUT2D eigenvalue weighted by atomic mass is 9.82. The molecule has 0 amide bonds. The van der Waals surface area contributed by atoms with Crippen LogP contribution in [0.5, 0.6) is 0 Å². The molecule has 0 spiro atoms. The van der Waals surface area contributed by atoms with E-state index in [2.05, 4.69) is 49.9 Å². The van der Waals surface area contributed by atoms with E-state index < -0.39 is 5.97 Å². The van der Waals surface area contributed by atoms with Crippen LogP contribution in [0.2, 0.25) is 0 Å². The number of aliphatic carboxylic acids is 1. The first-order valence-corrected chi connectivity index (χ1v) is 6.47. The molecule has 0 saturated carbocycles. The van der Waals surface area contributed by atoms with Crippen LogP contribution in [0.4, 0.5) is 5.69 Å². The SMILES string of the molecule is Cc1ccc(N2CCC(C(=O)O)CC2(C)C)cc1. The number of aryl methyl sites for hydroxylation is 1. The quantitative estimate of drug-likeness (QED) is 0.873. The van der Waals surface area contributed by atoms with Crippen LogP contribution in [-0.4, -0.2) is 23.2 Å². The van der Waals surface area contributed by atoms with E-state index in [9.17, 15) is 4.79 Å². The van der Waals surface area contributed by atoms with Gasteiger partial charge in [0.2, 0.25) is 0 Å². The van der Waals surface area contributed by atoms with Crippen molar-refractivity contribution in [1.29, 1.82) is 0 Å². The number of hydrogen-bond donors (Lipinski definition) is 1. The minimum atomic E-state index is -0.661. The van der Waals surface area contributed by atoms with Crippen molar-refractivity contribution in [1.82, 2.24) is 0 Å². The summed E-state index contributed by atoms with van der Waals surface area (Å²) in [6.45, 7) is 7.14. The lowest BCUT2D eigenvalue weighted by Crippen LogP contribution is -2.51. The van der Waals surface area contributed by atoms with Gasteiger partial charge >= 0.3 is 5.97 Å². The van der Waals surface area contributed by atoms with Gasteiger partial charge in [-0.2, -0.15) is 0 Å². The third-order valence-electron chi connectivity index (χ3n) is 3.87. The predicted octanol–water partition coefficient (Wildman–Crippen LogP) is 3.07. The maximum atomic E-state index is 11.1. The molecule has 1 N–H and O–H groups in total. The molecule has 0 aromatic heterocycles. The Kier molecular flexibility index (Phi) is 3.33. The summed E-state index contributed by atoms with van der Waals surface area (Å²) >= 11 is 0. The number of rotatable bonds is 2. The molecule has 0 bridgehead atoms. The second-order valence-electron chi connectivity index (χ2n) is 5.83. The minimum Gasteiger partial charge on any atom is -0.481 e. The van der Waals surface area contributed by atoms with Crippen LogP contribution in [0.3, 0.4) is 0 Å². The lowest BCUT2D eigenvalue weighted by Gasteiger charge is -2.46. The van der Waals surface area contributed by atoms with Crippen molar-refractivity contribution in [2.24, 2.45) is 5.92 Å². The first kappa shape index (κ1) is 12.9. The second-order valence-corrected chi connectivity index (χ2v) is 5.83. The standard InChI is InChI=1S/C15H21NO2/c1-11-4-6-13(7-5-11)16-9-8-12(14(17)18)10-15(16,2)3/h4-7,12H,8-10H2,1-3H3,(H,17,18). The summed E-state index contributed by atoms with van der Waals surface area (Å²) in [4.78, 5) is 13.4. The monoisotopic (exact) mass is 247 g/mol. The average molecular weight is 247 g/mol. The molecule has 2 rings (SSSR count). The van der Waals surface area contributed by atoms with E-state index in [0.717, 1.165) is 13.0 Å². The van der Waals surface area contributed by atoms with E-state index >= 15 is 0 Å². The normalized spacial score (nSPS) is 22.8. The Hall–Kier alpha value is -1.51. The number of piperidine rings is 1. The summed E-state index contributed by atoms with van der Waals surface area (Å²) in [6, 6.07) is 8.46. The Morgan fingerprint density at radius 3 is 2.44 bits per heavy atom. The van der Waals surface area contributed by atoms with Gasteiger partial charge in [-0.15, -0.1) is 0 Å². The summed E-state index contributed by atoms with van der Waals surface area (Å²) in [6.07, 6.45) is 1.43. The van der Waals surface area contributed by atoms with Crippen LogP contribution < -0.4 is 4.90 Å². The highest BCUT2D eigenvalue weighted by Crippen LogP contribution is 2.35. The minimum absolute atomic E-state index is 0.101. The van der Waals surface area contributed by atoms with Crippen molar-refractivity contribution in [2.45, 2.75) is 39.2 Å². The average Bonchev–Trinajstić information content (AvgIpc) is 2.29. The largest absolute Gasteiger partial charge is 0.481 e. The smallest absolute Gasteiger partial charge is 0.306 e. The molecule has 1 atom stereocenters. The Morgan fingerprint density at radius 2 is 1.94 bits per heavy atom. The van der Waals surface area contributed by atoms with E-state index in [1.165, 1.54) is 11.3 Å². The highest BCUT2D eigenvalue weighted by Gasteiger charge is 2.37. The van der Waals surface area contributed by atoms with E-state index in [0.29, 0.717) is 6.42 Å². The lowest BCUT2D eigenvalue weighted by molar-refractivity contribution is -0.143. The first-order valence-electron chi connectivity index (χ1n) is 6.47. The van der Waals surface area contributed by atoms with Gasteiger partial charge in [-0.1, -0.05) is 17.7 Å². The zero-order valence-electron chi connectivity index (χ0n) is 11.3. The number of anilines is 1. The van der Waals surface area contributed by atoms with Crippen LogP contribution in [0.1, 0.15) is 32.3 Å². The maximum Gasteiger partial charge on any atom is 0.306 e. The molecule has 1 heterocycles. The number of nitrogens with zero attached hydrogens (tertiary/aromatic N) is 1. The van der Waals surface area contributed by atoms with E-state index in [1.807, 2.05) is 0 Å². The van der Waals surface area contributed by atoms with Crippen molar-refractivity contribution in [3.05, 3.63) is 29.8 Å². The van der Waals surface area contributed by atoms with Gasteiger partial charge in [0.25, 0.3) is 0 Å². The molecule has 1 aromatic carbocycles. The topological polar surface area (TPSA) is 40.5 Å². The van der Waals surface area contributed by atoms with Gasteiger partial charge in [0.1, 0.15) is 0 Å². The zero-order valence-corrected chi connectivity index (χ0v) is 11.3. The third-order valence-corrected chi connectivity index (χ3v) is 3.87. The van der Waals surface area contributed by atoms with E-state index in [4.69, 9.17) is 5.11 Å². The van der Waals surface area contributed by atoms with Gasteiger partial charge < -0.3 is 10.0 Å². The van der Waals surface area contributed by atoms with Crippen molar-refractivity contribution >= 4 is 11.7 Å². The van der Waals surface area contributed by atoms with Crippen molar-refractivity contribution in [3.8, 4) is 0 Å². The van der Waals surface area contributed by atoms with Crippen molar-refractivity contribution < 1.29 is 9.90 Å². The zero-order chi connectivity index (χ0) is 13.3. The summed E-state index contributed by atoms with van der Waals surface area (Å²) < 4.78 is 0. The van der Waals surface area contributed by atoms with Crippen LogP contribution in [-0.2, 0) is 4.79 Å². The maximum absolute atomic E-state index is 11.1. The molecule has 1 aromatic rings. The molecule has 0 radical (unpaired) electrons. The van der Waals surface area contributed by atoms with Crippen LogP contribution in [0, 0.1) is 12.8 Å². The molecule has 98 valence electrons. The Labute approximate surface area is 108 Å². The molecule has 18 heavy (non-hydrogen) atoms. The Morgan fingerprint density at radius 1 is 1.33 bits per heavy atom. The van der Waals surface area contributed by atoms with Gasteiger partial charge in [0.05, 0.1) is 5.92 Å². The Balaban J connectivity index is 2.20. The highest BCUT2D eigenvalue weighted by atomic mass is 16.4. The van der Waals surface area contributed by atoms with Gasteiger partial charge in [-0.25, -0.2) is 0 Å². The van der Waals surface area contributed by atoms with E-state index in [1.54, 1.807) is 0 Å². The second kappa shape index (κ2) is 4.63. The number of carboxylic acids is 1. The predicted molar refractivity (Wildman–Crippen MR) is 73.0 cm³/mol. The summed E-state index contributed by atoms with van der Waals surface area (Å²) in [7, 11) is 0. The number of carbonyl (C=O) groups is 1. The molecular formula is C15H21NO2. The number of benzene rings is 1. The fourth-order valence-corrected chi connectivity index (χ4v) is 2.82. The summed E-state index contributed by atoms with van der Waals surface area (Å²) in [5, 5.41) is 9.15. The molecular weight excluding hydrogens is 226 g/mol. The molecule has 3 nitrogen and oxygen atoms in total. The van der Waals surface area contributed by atoms with Gasteiger partial charge in [-0.3, -0.25) is 4.79 Å². The van der Waals surface area contributed by atoms with Crippen molar-refractivity contribution in [3.63, 3.8) is 0 Å². The summed E-state index contributed by atoms with van der Waals surface area (Å²) in [5.74, 6) is -0.867. The number of carboxylic acid groups (broad SMARTS) is 1. The molecule has 1 aliphatic heterocycles. The van der Waals surface area contributed by atoms with E-state index in [-0.39, 0.29) is 11.5 Å². The van der Waals surface area contributed by atoms with Crippen LogP contribution in [0.15, 0.2) is 24.3 Å². The first-order chi connectivity index (χ1) is 8.40. The molecule has 1 unspecified atom stereocenters. The molecule has 0 aliphatic carbocycles. The van der Waals surface area contributed by atoms with Gasteiger partial charge in [-0.05, 0) is 45.7 Å². The highest BCUT2D eigenvalue weighted by molar-refractivity contribution is 5.71. The Bertz CT molecular complexity index is 436. The van der Waals surface area contributed by atoms with Crippen molar-refractivity contribution in [2.75, 3.05) is 11.4 Å². The summed E-state index contributed by atoms with van der Waals surface area (Å²) in [5.41, 5.74) is 2.34. The molecule has 1 saturated heterocycles. The molecule has 1 aliphatic rings.